The summed E-state index contributed by atoms with van der Waals surface area (Å²) in [6.07, 6.45) is 1.32. The highest BCUT2D eigenvalue weighted by atomic mass is 35.5. The van der Waals surface area contributed by atoms with Crippen molar-refractivity contribution in [1.29, 1.82) is 0 Å². The number of amides is 1. The molecule has 1 aromatic carbocycles. The molecular formula is C16H24ClN3O2. The first-order valence-corrected chi connectivity index (χ1v) is 7.92. The topological polar surface area (TPSA) is 67.6 Å². The van der Waals surface area contributed by atoms with Crippen LogP contribution in [0.5, 0.6) is 0 Å². The Bertz CT molecular complexity index is 514. The standard InChI is InChI=1S/C16H24ClN3O2/c1-16(2,3)22-15(21)19-11-7-9-20(10-8-11)14-12(17)5-4-6-13(14)18/h4-6,11H,7-10,18H2,1-3H3,(H,19,21). The smallest absolute Gasteiger partial charge is 0.407 e. The molecule has 0 saturated carbocycles. The Morgan fingerprint density at radius 3 is 2.55 bits per heavy atom. The summed E-state index contributed by atoms with van der Waals surface area (Å²) in [6.45, 7) is 7.17. The van der Waals surface area contributed by atoms with Gasteiger partial charge < -0.3 is 20.7 Å². The van der Waals surface area contributed by atoms with Crippen LogP contribution in [0.1, 0.15) is 33.6 Å². The number of nitrogens with two attached hydrogens (primary N) is 1. The zero-order valence-electron chi connectivity index (χ0n) is 13.4. The van der Waals surface area contributed by atoms with Crippen molar-refractivity contribution < 1.29 is 9.53 Å². The molecule has 0 aliphatic carbocycles. The maximum Gasteiger partial charge on any atom is 0.407 e. The highest BCUT2D eigenvalue weighted by Crippen LogP contribution is 2.33. The van der Waals surface area contributed by atoms with Gasteiger partial charge in [0, 0.05) is 19.1 Å². The lowest BCUT2D eigenvalue weighted by atomic mass is 10.0. The van der Waals surface area contributed by atoms with Crippen molar-refractivity contribution in [2.24, 2.45) is 0 Å². The number of benzene rings is 1. The number of hydrogen-bond acceptors (Lipinski definition) is 4. The summed E-state index contributed by atoms with van der Waals surface area (Å²) in [5.74, 6) is 0. The Morgan fingerprint density at radius 2 is 2.00 bits per heavy atom. The summed E-state index contributed by atoms with van der Waals surface area (Å²) < 4.78 is 5.29. The number of nitrogens with zero attached hydrogens (tertiary/aromatic N) is 1. The summed E-state index contributed by atoms with van der Waals surface area (Å²) in [7, 11) is 0. The van der Waals surface area contributed by atoms with Crippen LogP contribution in [0.4, 0.5) is 16.2 Å². The Kier molecular flexibility index (Phi) is 5.06. The molecule has 1 amide bonds. The molecule has 1 aliphatic rings. The highest BCUT2D eigenvalue weighted by Gasteiger charge is 2.25. The van der Waals surface area contributed by atoms with Gasteiger partial charge in [-0.25, -0.2) is 4.79 Å². The van der Waals surface area contributed by atoms with Crippen molar-refractivity contribution in [1.82, 2.24) is 5.32 Å². The van der Waals surface area contributed by atoms with E-state index in [2.05, 4.69) is 10.2 Å². The fourth-order valence-corrected chi connectivity index (χ4v) is 2.89. The minimum atomic E-state index is -0.475. The van der Waals surface area contributed by atoms with Crippen LogP contribution in [0.2, 0.25) is 5.02 Å². The molecule has 5 nitrogen and oxygen atoms in total. The Balaban J connectivity index is 1.90. The molecule has 1 saturated heterocycles. The summed E-state index contributed by atoms with van der Waals surface area (Å²) in [6, 6.07) is 5.66. The summed E-state index contributed by atoms with van der Waals surface area (Å²) in [5, 5.41) is 3.59. The lowest BCUT2D eigenvalue weighted by Gasteiger charge is -2.35. The van der Waals surface area contributed by atoms with Gasteiger partial charge in [0.1, 0.15) is 5.60 Å². The van der Waals surface area contributed by atoms with E-state index in [9.17, 15) is 4.79 Å². The zero-order chi connectivity index (χ0) is 16.3. The van der Waals surface area contributed by atoms with E-state index in [-0.39, 0.29) is 12.1 Å². The maximum atomic E-state index is 11.8. The van der Waals surface area contributed by atoms with Gasteiger partial charge in [-0.05, 0) is 45.7 Å². The van der Waals surface area contributed by atoms with Crippen LogP contribution >= 0.6 is 11.6 Å². The Morgan fingerprint density at radius 1 is 1.36 bits per heavy atom. The average Bonchev–Trinajstić information content (AvgIpc) is 2.38. The number of para-hydroxylation sites is 1. The number of carbonyl (C=O) groups is 1. The number of hydrogen-bond donors (Lipinski definition) is 2. The van der Waals surface area contributed by atoms with Gasteiger partial charge in [0.15, 0.2) is 0 Å². The van der Waals surface area contributed by atoms with E-state index in [1.165, 1.54) is 0 Å². The molecular weight excluding hydrogens is 302 g/mol. The molecule has 0 bridgehead atoms. The second kappa shape index (κ2) is 6.65. The van der Waals surface area contributed by atoms with Crippen molar-refractivity contribution >= 4 is 29.1 Å². The highest BCUT2D eigenvalue weighted by molar-refractivity contribution is 6.34. The van der Waals surface area contributed by atoms with Crippen LogP contribution in [0.3, 0.4) is 0 Å². The van der Waals surface area contributed by atoms with Crippen molar-refractivity contribution in [3.05, 3.63) is 23.2 Å². The molecule has 22 heavy (non-hydrogen) atoms. The Hall–Kier alpha value is -1.62. The molecule has 122 valence electrons. The van der Waals surface area contributed by atoms with E-state index in [0.29, 0.717) is 10.7 Å². The fraction of sp³-hybridized carbons (Fsp3) is 0.562. The van der Waals surface area contributed by atoms with Crippen LogP contribution in [0.25, 0.3) is 0 Å². The average molecular weight is 326 g/mol. The van der Waals surface area contributed by atoms with Crippen LogP contribution in [0.15, 0.2) is 18.2 Å². The quantitative estimate of drug-likeness (QED) is 0.818. The summed E-state index contributed by atoms with van der Waals surface area (Å²) in [5.41, 5.74) is 7.12. The molecule has 0 spiro atoms. The lowest BCUT2D eigenvalue weighted by Crippen LogP contribution is -2.46. The SMILES string of the molecule is CC(C)(C)OC(=O)NC1CCN(c2c(N)cccc2Cl)CC1. The summed E-state index contributed by atoms with van der Waals surface area (Å²) in [4.78, 5) is 14.0. The van der Waals surface area contributed by atoms with Gasteiger partial charge in [-0.2, -0.15) is 0 Å². The second-order valence-corrected chi connectivity index (χ2v) is 6.99. The van der Waals surface area contributed by atoms with Gasteiger partial charge in [0.05, 0.1) is 16.4 Å². The molecule has 6 heteroatoms. The number of ether oxygens (including phenoxy) is 1. The monoisotopic (exact) mass is 325 g/mol. The molecule has 0 radical (unpaired) electrons. The first kappa shape index (κ1) is 16.7. The molecule has 0 unspecified atom stereocenters. The predicted octanol–water partition coefficient (Wildman–Crippen LogP) is 3.42. The third kappa shape index (κ3) is 4.44. The number of halogens is 1. The lowest BCUT2D eigenvalue weighted by molar-refractivity contribution is 0.0497. The van der Waals surface area contributed by atoms with E-state index in [4.69, 9.17) is 22.1 Å². The molecule has 3 N–H and O–H groups in total. The van der Waals surface area contributed by atoms with E-state index in [0.717, 1.165) is 31.6 Å². The number of nitrogens with one attached hydrogen (secondary N) is 1. The zero-order valence-corrected chi connectivity index (χ0v) is 14.1. The molecule has 1 heterocycles. The minimum Gasteiger partial charge on any atom is -0.444 e. The maximum absolute atomic E-state index is 11.8. The first-order valence-electron chi connectivity index (χ1n) is 7.55. The molecule has 2 rings (SSSR count). The fourth-order valence-electron chi connectivity index (χ4n) is 2.59. The number of carbonyl (C=O) groups excluding carboxylic acids is 1. The van der Waals surface area contributed by atoms with E-state index < -0.39 is 5.60 Å². The van der Waals surface area contributed by atoms with Gasteiger partial charge in [-0.3, -0.25) is 0 Å². The molecule has 1 aliphatic heterocycles. The van der Waals surface area contributed by atoms with Crippen LogP contribution < -0.4 is 16.0 Å². The number of rotatable bonds is 2. The predicted molar refractivity (Wildman–Crippen MR) is 90.5 cm³/mol. The van der Waals surface area contributed by atoms with Crippen LogP contribution in [0, 0.1) is 0 Å². The van der Waals surface area contributed by atoms with Gasteiger partial charge in [-0.1, -0.05) is 17.7 Å². The molecule has 1 aromatic rings. The third-order valence-corrected chi connectivity index (χ3v) is 3.86. The number of nitrogen functional groups attached to an aromatic ring is 1. The van der Waals surface area contributed by atoms with Crippen molar-refractivity contribution in [3.8, 4) is 0 Å². The van der Waals surface area contributed by atoms with Gasteiger partial charge in [0.2, 0.25) is 0 Å². The number of alkyl carbamates (subject to hydrolysis) is 1. The second-order valence-electron chi connectivity index (χ2n) is 6.59. The first-order chi connectivity index (χ1) is 10.3. The van der Waals surface area contributed by atoms with Gasteiger partial charge in [0.25, 0.3) is 0 Å². The molecule has 1 fully saturated rings. The normalized spacial score (nSPS) is 16.5. The van der Waals surface area contributed by atoms with Crippen molar-refractivity contribution in [3.63, 3.8) is 0 Å². The van der Waals surface area contributed by atoms with Crippen molar-refractivity contribution in [2.45, 2.75) is 45.3 Å². The van der Waals surface area contributed by atoms with Crippen LogP contribution in [-0.2, 0) is 4.74 Å². The van der Waals surface area contributed by atoms with Gasteiger partial charge in [-0.15, -0.1) is 0 Å². The number of anilines is 2. The third-order valence-electron chi connectivity index (χ3n) is 3.55. The van der Waals surface area contributed by atoms with Crippen LogP contribution in [-0.4, -0.2) is 30.8 Å². The summed E-state index contributed by atoms with van der Waals surface area (Å²) >= 11 is 6.24. The molecule has 0 atom stereocenters. The van der Waals surface area contributed by atoms with Gasteiger partial charge >= 0.3 is 6.09 Å². The van der Waals surface area contributed by atoms with Crippen molar-refractivity contribution in [2.75, 3.05) is 23.7 Å². The van der Waals surface area contributed by atoms with E-state index in [1.807, 2.05) is 39.0 Å². The molecule has 0 aromatic heterocycles. The largest absolute Gasteiger partial charge is 0.444 e. The number of piperidine rings is 1. The van der Waals surface area contributed by atoms with E-state index >= 15 is 0 Å². The minimum absolute atomic E-state index is 0.120. The van der Waals surface area contributed by atoms with E-state index in [1.54, 1.807) is 0 Å². The Labute approximate surface area is 136 Å².